The van der Waals surface area contributed by atoms with E-state index in [1.807, 2.05) is 0 Å². The van der Waals surface area contributed by atoms with E-state index >= 15 is 0 Å². The third-order valence-corrected chi connectivity index (χ3v) is 4.62. The Morgan fingerprint density at radius 2 is 2.10 bits per heavy atom. The third kappa shape index (κ3) is 3.40. The lowest BCUT2D eigenvalue weighted by Gasteiger charge is -2.19. The Balaban J connectivity index is 2.40. The number of sulfonamides is 1. The van der Waals surface area contributed by atoms with Crippen molar-refractivity contribution in [3.8, 4) is 11.8 Å². The van der Waals surface area contributed by atoms with Crippen molar-refractivity contribution in [1.82, 2.24) is 4.98 Å². The zero-order chi connectivity index (χ0) is 15.3. The van der Waals surface area contributed by atoms with Gasteiger partial charge >= 0.3 is 0 Å². The molecule has 0 saturated carbocycles. The number of anilines is 1. The first-order chi connectivity index (χ1) is 10.1. The molecule has 0 fully saturated rings. The van der Waals surface area contributed by atoms with Gasteiger partial charge in [-0.25, -0.2) is 8.42 Å². The highest BCUT2D eigenvalue weighted by Crippen LogP contribution is 2.21. The van der Waals surface area contributed by atoms with Gasteiger partial charge in [-0.05, 0) is 30.3 Å². The summed E-state index contributed by atoms with van der Waals surface area (Å²) in [5.41, 5.74) is 6.43. The molecule has 0 bridgehead atoms. The standard InChI is InChI=1S/C15H15N3O2S/c1-18(14-7-4-10-17-12-14)21(19,20)15-8-2-5-13(11-15)6-3-9-16/h2,4-5,7-8,10-12H,9,16H2,1H3. The first-order valence-corrected chi connectivity index (χ1v) is 7.67. The second-order valence-corrected chi connectivity index (χ2v) is 6.19. The van der Waals surface area contributed by atoms with Gasteiger partial charge in [-0.3, -0.25) is 9.29 Å². The summed E-state index contributed by atoms with van der Waals surface area (Å²) in [7, 11) is -2.15. The van der Waals surface area contributed by atoms with Gasteiger partial charge in [0.15, 0.2) is 0 Å². The van der Waals surface area contributed by atoms with E-state index in [0.717, 1.165) is 0 Å². The van der Waals surface area contributed by atoms with E-state index < -0.39 is 10.0 Å². The fourth-order valence-corrected chi connectivity index (χ4v) is 2.95. The average Bonchev–Trinajstić information content (AvgIpc) is 2.53. The van der Waals surface area contributed by atoms with E-state index in [0.29, 0.717) is 11.3 Å². The van der Waals surface area contributed by atoms with Gasteiger partial charge in [0.2, 0.25) is 0 Å². The van der Waals surface area contributed by atoms with Gasteiger partial charge in [0.05, 0.1) is 23.3 Å². The van der Waals surface area contributed by atoms with Gasteiger partial charge in [-0.1, -0.05) is 17.9 Å². The molecule has 2 rings (SSSR count). The SMILES string of the molecule is CN(c1cccnc1)S(=O)(=O)c1cccc(C#CCN)c1. The highest BCUT2D eigenvalue weighted by Gasteiger charge is 2.21. The third-order valence-electron chi connectivity index (χ3n) is 2.84. The van der Waals surface area contributed by atoms with E-state index in [-0.39, 0.29) is 11.4 Å². The van der Waals surface area contributed by atoms with E-state index in [1.54, 1.807) is 30.5 Å². The first-order valence-electron chi connectivity index (χ1n) is 6.23. The summed E-state index contributed by atoms with van der Waals surface area (Å²) < 4.78 is 26.4. The summed E-state index contributed by atoms with van der Waals surface area (Å²) in [5.74, 6) is 5.53. The summed E-state index contributed by atoms with van der Waals surface area (Å²) in [6, 6.07) is 9.84. The Bertz CT molecular complexity index is 777. The van der Waals surface area contributed by atoms with Crippen LogP contribution in [0.1, 0.15) is 5.56 Å². The average molecular weight is 301 g/mol. The summed E-state index contributed by atoms with van der Waals surface area (Å²) >= 11 is 0. The molecule has 0 spiro atoms. The molecule has 1 aromatic heterocycles. The maximum Gasteiger partial charge on any atom is 0.264 e. The van der Waals surface area contributed by atoms with Crippen molar-refractivity contribution >= 4 is 15.7 Å². The van der Waals surface area contributed by atoms with Gasteiger partial charge in [0, 0.05) is 18.8 Å². The van der Waals surface area contributed by atoms with E-state index in [4.69, 9.17) is 5.73 Å². The minimum absolute atomic E-state index is 0.178. The number of hydrogen-bond donors (Lipinski definition) is 1. The normalized spacial score (nSPS) is 10.6. The van der Waals surface area contributed by atoms with Gasteiger partial charge in [0.25, 0.3) is 10.0 Å². The highest BCUT2D eigenvalue weighted by molar-refractivity contribution is 7.92. The van der Waals surface area contributed by atoms with Crippen molar-refractivity contribution < 1.29 is 8.42 Å². The number of nitrogens with zero attached hydrogens (tertiary/aromatic N) is 2. The maximum absolute atomic E-state index is 12.6. The number of benzene rings is 1. The lowest BCUT2D eigenvalue weighted by molar-refractivity contribution is 0.594. The number of aromatic nitrogens is 1. The van der Waals surface area contributed by atoms with Crippen molar-refractivity contribution in [2.45, 2.75) is 4.90 Å². The van der Waals surface area contributed by atoms with Crippen molar-refractivity contribution in [3.63, 3.8) is 0 Å². The van der Waals surface area contributed by atoms with E-state index in [2.05, 4.69) is 16.8 Å². The van der Waals surface area contributed by atoms with Crippen LogP contribution in [0.25, 0.3) is 0 Å². The number of hydrogen-bond acceptors (Lipinski definition) is 4. The number of nitrogens with two attached hydrogens (primary N) is 1. The summed E-state index contributed by atoms with van der Waals surface area (Å²) in [5, 5.41) is 0. The molecule has 0 amide bonds. The Labute approximate surface area is 124 Å². The topological polar surface area (TPSA) is 76.3 Å². The molecule has 0 saturated heterocycles. The quantitative estimate of drug-likeness (QED) is 0.865. The van der Waals surface area contributed by atoms with Crippen molar-refractivity contribution in [2.24, 2.45) is 5.73 Å². The first kappa shape index (κ1) is 15.0. The van der Waals surface area contributed by atoms with Crippen molar-refractivity contribution in [3.05, 3.63) is 54.4 Å². The zero-order valence-electron chi connectivity index (χ0n) is 11.5. The minimum atomic E-state index is -3.65. The summed E-state index contributed by atoms with van der Waals surface area (Å²) in [6.45, 7) is 0.229. The zero-order valence-corrected chi connectivity index (χ0v) is 12.3. The van der Waals surface area contributed by atoms with Crippen LogP contribution in [0.3, 0.4) is 0 Å². The molecule has 0 aliphatic heterocycles. The highest BCUT2D eigenvalue weighted by atomic mass is 32.2. The number of rotatable bonds is 3. The molecule has 0 unspecified atom stereocenters. The van der Waals surface area contributed by atoms with Crippen LogP contribution in [-0.2, 0) is 10.0 Å². The van der Waals surface area contributed by atoms with Gasteiger partial charge in [0.1, 0.15) is 0 Å². The summed E-state index contributed by atoms with van der Waals surface area (Å²) in [6.07, 6.45) is 3.09. The van der Waals surface area contributed by atoms with Crippen LogP contribution in [0.2, 0.25) is 0 Å². The van der Waals surface area contributed by atoms with Crippen molar-refractivity contribution in [2.75, 3.05) is 17.9 Å². The molecular weight excluding hydrogens is 286 g/mol. The second kappa shape index (κ2) is 6.39. The molecule has 2 N–H and O–H groups in total. The van der Waals surface area contributed by atoms with Crippen LogP contribution in [0.5, 0.6) is 0 Å². The fraction of sp³-hybridized carbons (Fsp3) is 0.133. The largest absolute Gasteiger partial charge is 0.320 e. The van der Waals surface area contributed by atoms with Gasteiger partial charge in [-0.2, -0.15) is 0 Å². The molecule has 0 aliphatic carbocycles. The lowest BCUT2D eigenvalue weighted by Crippen LogP contribution is -2.26. The molecule has 0 atom stereocenters. The smallest absolute Gasteiger partial charge is 0.264 e. The van der Waals surface area contributed by atoms with Gasteiger partial charge < -0.3 is 5.73 Å². The Kier molecular flexibility index (Phi) is 4.58. The summed E-state index contributed by atoms with van der Waals surface area (Å²) in [4.78, 5) is 4.11. The predicted octanol–water partition coefficient (Wildman–Crippen LogP) is 1.22. The van der Waals surface area contributed by atoms with Crippen molar-refractivity contribution in [1.29, 1.82) is 0 Å². The Morgan fingerprint density at radius 1 is 1.29 bits per heavy atom. The van der Waals surface area contributed by atoms with Crippen LogP contribution in [0.4, 0.5) is 5.69 Å². The van der Waals surface area contributed by atoms with Crippen LogP contribution >= 0.6 is 0 Å². The van der Waals surface area contributed by atoms with Crippen LogP contribution in [-0.4, -0.2) is 27.0 Å². The molecule has 0 aliphatic rings. The molecule has 1 aromatic carbocycles. The van der Waals surface area contributed by atoms with Crippen LogP contribution in [0.15, 0.2) is 53.7 Å². The molecule has 21 heavy (non-hydrogen) atoms. The monoisotopic (exact) mass is 301 g/mol. The van der Waals surface area contributed by atoms with Crippen LogP contribution < -0.4 is 10.0 Å². The molecule has 6 heteroatoms. The lowest BCUT2D eigenvalue weighted by atomic mass is 10.2. The number of pyridine rings is 1. The van der Waals surface area contributed by atoms with Crippen LogP contribution in [0, 0.1) is 11.8 Å². The van der Waals surface area contributed by atoms with E-state index in [1.165, 1.54) is 29.7 Å². The Morgan fingerprint density at radius 3 is 2.76 bits per heavy atom. The molecule has 5 nitrogen and oxygen atoms in total. The Hall–Kier alpha value is -2.36. The molecular formula is C15H15N3O2S. The molecule has 2 aromatic rings. The van der Waals surface area contributed by atoms with E-state index in [9.17, 15) is 8.42 Å². The fourth-order valence-electron chi connectivity index (χ4n) is 1.72. The molecule has 108 valence electrons. The maximum atomic E-state index is 12.6. The predicted molar refractivity (Wildman–Crippen MR) is 82.2 cm³/mol. The second-order valence-electron chi connectivity index (χ2n) is 4.22. The minimum Gasteiger partial charge on any atom is -0.320 e. The molecule has 0 radical (unpaired) electrons. The van der Waals surface area contributed by atoms with Gasteiger partial charge in [-0.15, -0.1) is 0 Å². The molecule has 1 heterocycles.